The molecule has 0 unspecified atom stereocenters. The molecule has 0 saturated carbocycles. The van der Waals surface area contributed by atoms with Gasteiger partial charge in [0.15, 0.2) is 10.9 Å². The molecule has 0 spiro atoms. The van der Waals surface area contributed by atoms with Crippen LogP contribution < -0.4 is 4.90 Å². The van der Waals surface area contributed by atoms with Crippen LogP contribution in [0.3, 0.4) is 0 Å². The van der Waals surface area contributed by atoms with Crippen LogP contribution in [0.2, 0.25) is 0 Å². The van der Waals surface area contributed by atoms with E-state index in [2.05, 4.69) is 4.98 Å². The van der Waals surface area contributed by atoms with Crippen molar-refractivity contribution in [2.24, 2.45) is 0 Å². The fourth-order valence-corrected chi connectivity index (χ4v) is 5.73. The smallest absolute Gasteiger partial charge is 0.260 e. The normalized spacial score (nSPS) is 11.8. The number of amides is 1. The number of aromatic nitrogens is 1. The molecule has 3 rings (SSSR count). The average Bonchev–Trinajstić information content (AvgIpc) is 3.23. The second kappa shape index (κ2) is 12.9. The zero-order valence-electron chi connectivity index (χ0n) is 20.7. The molecule has 1 aromatic heterocycles. The molecule has 7 nitrogen and oxygen atoms in total. The van der Waals surface area contributed by atoms with Gasteiger partial charge in [-0.15, -0.1) is 12.4 Å². The summed E-state index contributed by atoms with van der Waals surface area (Å²) in [5.74, 6) is -1.90. The molecule has 0 aliphatic carbocycles. The van der Waals surface area contributed by atoms with E-state index in [9.17, 15) is 22.0 Å². The van der Waals surface area contributed by atoms with E-state index in [4.69, 9.17) is 0 Å². The van der Waals surface area contributed by atoms with Crippen LogP contribution in [0, 0.1) is 11.6 Å². The van der Waals surface area contributed by atoms with Crippen molar-refractivity contribution in [2.75, 3.05) is 45.7 Å². The fourth-order valence-electron chi connectivity index (χ4n) is 3.50. The van der Waals surface area contributed by atoms with Crippen LogP contribution in [0.4, 0.5) is 13.9 Å². The molecule has 36 heavy (non-hydrogen) atoms. The highest BCUT2D eigenvalue weighted by molar-refractivity contribution is 7.89. The van der Waals surface area contributed by atoms with E-state index >= 15 is 0 Å². The van der Waals surface area contributed by atoms with E-state index in [1.807, 2.05) is 25.9 Å². The minimum Gasteiger partial charge on any atom is -0.309 e. The van der Waals surface area contributed by atoms with Crippen LogP contribution in [0.15, 0.2) is 41.3 Å². The van der Waals surface area contributed by atoms with Gasteiger partial charge in [0.2, 0.25) is 10.0 Å². The van der Waals surface area contributed by atoms with Crippen molar-refractivity contribution >= 4 is 55.0 Å². The lowest BCUT2D eigenvalue weighted by molar-refractivity contribution is 0.0986. The number of rotatable bonds is 11. The molecule has 0 bridgehead atoms. The fraction of sp³-hybridized carbons (Fsp3) is 0.417. The van der Waals surface area contributed by atoms with E-state index in [0.29, 0.717) is 30.8 Å². The van der Waals surface area contributed by atoms with Gasteiger partial charge in [-0.2, -0.15) is 0 Å². The average molecular weight is 561 g/mol. The first-order valence-corrected chi connectivity index (χ1v) is 13.6. The number of carbonyl (C=O) groups is 1. The van der Waals surface area contributed by atoms with E-state index in [-0.39, 0.29) is 33.5 Å². The van der Waals surface area contributed by atoms with Crippen molar-refractivity contribution in [1.29, 1.82) is 0 Å². The molecule has 1 heterocycles. The van der Waals surface area contributed by atoms with Crippen molar-refractivity contribution in [3.8, 4) is 0 Å². The maximum atomic E-state index is 14.2. The van der Waals surface area contributed by atoms with E-state index < -0.39 is 27.6 Å². The number of benzene rings is 2. The molecule has 0 saturated heterocycles. The number of nitrogens with zero attached hydrogens (tertiary/aromatic N) is 4. The van der Waals surface area contributed by atoms with Crippen molar-refractivity contribution < 1.29 is 22.0 Å². The number of anilines is 1. The third-order valence-electron chi connectivity index (χ3n) is 5.50. The summed E-state index contributed by atoms with van der Waals surface area (Å²) in [6.45, 7) is 3.41. The quantitative estimate of drug-likeness (QED) is 0.329. The first kappa shape index (κ1) is 30.0. The zero-order valence-corrected chi connectivity index (χ0v) is 23.2. The number of halogens is 3. The third kappa shape index (κ3) is 6.98. The molecule has 198 valence electrons. The predicted octanol–water partition coefficient (Wildman–Crippen LogP) is 5.02. The third-order valence-corrected chi connectivity index (χ3v) is 8.40. The Morgan fingerprint density at radius 2 is 1.67 bits per heavy atom. The van der Waals surface area contributed by atoms with Gasteiger partial charge in [-0.05, 0) is 63.8 Å². The van der Waals surface area contributed by atoms with Crippen molar-refractivity contribution in [2.45, 2.75) is 31.1 Å². The Morgan fingerprint density at radius 1 is 1.00 bits per heavy atom. The van der Waals surface area contributed by atoms with E-state index in [1.54, 1.807) is 0 Å². The molecule has 0 atom stereocenters. The molecule has 0 radical (unpaired) electrons. The van der Waals surface area contributed by atoms with Gasteiger partial charge in [-0.25, -0.2) is 26.5 Å². The van der Waals surface area contributed by atoms with Crippen LogP contribution in [-0.4, -0.2) is 69.3 Å². The molecule has 2 aromatic carbocycles. The Labute approximate surface area is 221 Å². The van der Waals surface area contributed by atoms with Gasteiger partial charge in [-0.3, -0.25) is 9.69 Å². The summed E-state index contributed by atoms with van der Waals surface area (Å²) in [5, 5.41) is 0.254. The molecule has 3 aromatic rings. The van der Waals surface area contributed by atoms with Crippen LogP contribution in [0.25, 0.3) is 10.2 Å². The second-order valence-corrected chi connectivity index (χ2v) is 11.6. The van der Waals surface area contributed by atoms with Crippen LogP contribution in [-0.2, 0) is 10.0 Å². The number of hydrogen-bond donors (Lipinski definition) is 0. The summed E-state index contributed by atoms with van der Waals surface area (Å²) in [6, 6.07) is 7.72. The molecular formula is C24H31ClF2N4O3S2. The minimum atomic E-state index is -3.66. The molecule has 0 N–H and O–H groups in total. The Morgan fingerprint density at radius 3 is 2.28 bits per heavy atom. The topological polar surface area (TPSA) is 73.8 Å². The standard InChI is InChI=1S/C24H30F2N4O3S2.ClH/c1-5-6-13-29(4)35(32,33)19-10-8-17(9-11-19)23(31)30(14-7-12-28(2)3)24-27-22-20(26)15-18(25)16-21(22)34-24;/h8-11,15-16H,5-7,12-14H2,1-4H3;1H. The maximum absolute atomic E-state index is 14.2. The minimum absolute atomic E-state index is 0. The highest BCUT2D eigenvalue weighted by Gasteiger charge is 2.24. The van der Waals surface area contributed by atoms with E-state index in [1.165, 1.54) is 46.6 Å². The van der Waals surface area contributed by atoms with E-state index in [0.717, 1.165) is 30.2 Å². The van der Waals surface area contributed by atoms with Crippen LogP contribution in [0.5, 0.6) is 0 Å². The maximum Gasteiger partial charge on any atom is 0.260 e. The Hall–Kier alpha value is -2.18. The predicted molar refractivity (Wildman–Crippen MR) is 143 cm³/mol. The monoisotopic (exact) mass is 560 g/mol. The van der Waals surface area contributed by atoms with Gasteiger partial charge in [0.1, 0.15) is 11.3 Å². The van der Waals surface area contributed by atoms with Gasteiger partial charge in [0.05, 0.1) is 9.60 Å². The van der Waals surface area contributed by atoms with Crippen LogP contribution in [0.1, 0.15) is 36.5 Å². The number of carbonyl (C=O) groups excluding carboxylic acids is 1. The van der Waals surface area contributed by atoms with Gasteiger partial charge in [0, 0.05) is 31.8 Å². The summed E-state index contributed by atoms with van der Waals surface area (Å²) in [5.41, 5.74) is 0.282. The molecule has 0 aliphatic rings. The SMILES string of the molecule is CCCCN(C)S(=O)(=O)c1ccc(C(=O)N(CCCN(C)C)c2nc3c(F)cc(F)cc3s2)cc1.Cl. The second-order valence-electron chi connectivity index (χ2n) is 8.55. The van der Waals surface area contributed by atoms with Gasteiger partial charge < -0.3 is 4.90 Å². The molecular weight excluding hydrogens is 530 g/mol. The summed E-state index contributed by atoms with van der Waals surface area (Å²) in [4.78, 5) is 21.2. The highest BCUT2D eigenvalue weighted by atomic mass is 35.5. The van der Waals surface area contributed by atoms with Gasteiger partial charge in [-0.1, -0.05) is 24.7 Å². The van der Waals surface area contributed by atoms with Crippen molar-refractivity contribution in [1.82, 2.24) is 14.2 Å². The summed E-state index contributed by atoms with van der Waals surface area (Å²) in [6.07, 6.45) is 2.25. The van der Waals surface area contributed by atoms with Crippen LogP contribution >= 0.6 is 23.7 Å². The molecule has 0 aliphatic heterocycles. The lowest BCUT2D eigenvalue weighted by Gasteiger charge is -2.21. The number of unbranched alkanes of at least 4 members (excludes halogenated alkanes) is 1. The Bertz CT molecular complexity index is 1280. The van der Waals surface area contributed by atoms with Crippen molar-refractivity contribution in [3.63, 3.8) is 0 Å². The Kier molecular flexibility index (Phi) is 10.7. The van der Waals surface area contributed by atoms with Crippen molar-refractivity contribution in [3.05, 3.63) is 53.6 Å². The zero-order chi connectivity index (χ0) is 25.8. The first-order valence-electron chi connectivity index (χ1n) is 11.3. The number of thiazole rings is 1. The largest absolute Gasteiger partial charge is 0.309 e. The number of hydrogen-bond acceptors (Lipinski definition) is 6. The molecule has 1 amide bonds. The number of fused-ring (bicyclic) bond motifs is 1. The number of sulfonamides is 1. The van der Waals surface area contributed by atoms with Gasteiger partial charge >= 0.3 is 0 Å². The molecule has 0 fully saturated rings. The lowest BCUT2D eigenvalue weighted by Crippen LogP contribution is -2.33. The first-order chi connectivity index (χ1) is 16.5. The summed E-state index contributed by atoms with van der Waals surface area (Å²) in [7, 11) is 1.70. The lowest BCUT2D eigenvalue weighted by atomic mass is 10.2. The summed E-state index contributed by atoms with van der Waals surface area (Å²) >= 11 is 1.03. The Balaban J connectivity index is 0.00000456. The highest BCUT2D eigenvalue weighted by Crippen LogP contribution is 2.32. The molecule has 12 heteroatoms. The summed E-state index contributed by atoms with van der Waals surface area (Å²) < 4.78 is 55.1. The van der Waals surface area contributed by atoms with Gasteiger partial charge in [0.25, 0.3) is 5.91 Å².